The number of hydrogen-bond acceptors (Lipinski definition) is 6. The van der Waals surface area contributed by atoms with E-state index in [0.29, 0.717) is 30.8 Å². The highest BCUT2D eigenvalue weighted by Crippen LogP contribution is 2.45. The third-order valence-electron chi connectivity index (χ3n) is 7.20. The molecule has 2 N–H and O–H groups in total. The van der Waals surface area contributed by atoms with Gasteiger partial charge in [0.2, 0.25) is 0 Å². The molecule has 1 aliphatic rings. The highest BCUT2D eigenvalue weighted by Gasteiger charge is 2.39. The summed E-state index contributed by atoms with van der Waals surface area (Å²) in [6.07, 6.45) is 23.3. The van der Waals surface area contributed by atoms with Gasteiger partial charge in [0, 0.05) is 13.2 Å². The summed E-state index contributed by atoms with van der Waals surface area (Å²) in [5.74, 6) is 0. The smallest absolute Gasteiger partial charge is 0.472 e. The van der Waals surface area contributed by atoms with Gasteiger partial charge in [0.05, 0.1) is 34.4 Å². The van der Waals surface area contributed by atoms with Crippen molar-refractivity contribution in [2.75, 3.05) is 60.7 Å². The number of likely N-dealkylation sites (N-methyl/N-ethyl adjacent to an activating group) is 1. The molecule has 0 radical (unpaired) electrons. The van der Waals surface area contributed by atoms with E-state index >= 15 is 0 Å². The van der Waals surface area contributed by atoms with Gasteiger partial charge in [0.15, 0.2) is 0 Å². The molecule has 0 aromatic heterocycles. The molecular formula is C29H62NO7P. The second-order valence-corrected chi connectivity index (χ2v) is 13.5. The zero-order valence-corrected chi connectivity index (χ0v) is 26.2. The molecule has 1 aliphatic heterocycles. The SMILES string of the molecule is CCCCCCCCCCCCCCCCCCOC[C@]1(COP(=O)(O)OCC[N+](C)(C)C)CCCO1.[OH-]. The van der Waals surface area contributed by atoms with E-state index in [2.05, 4.69) is 6.92 Å². The van der Waals surface area contributed by atoms with Crippen molar-refractivity contribution in [3.8, 4) is 0 Å². The molecule has 1 unspecified atom stereocenters. The number of unbranched alkanes of at least 4 members (excludes halogenated alkanes) is 15. The van der Waals surface area contributed by atoms with E-state index in [9.17, 15) is 9.46 Å². The lowest BCUT2D eigenvalue weighted by Crippen LogP contribution is -2.39. The first-order valence-corrected chi connectivity index (χ1v) is 16.8. The van der Waals surface area contributed by atoms with Gasteiger partial charge in [0.1, 0.15) is 18.8 Å². The van der Waals surface area contributed by atoms with E-state index in [4.69, 9.17) is 18.5 Å². The van der Waals surface area contributed by atoms with Crippen molar-refractivity contribution in [1.82, 2.24) is 0 Å². The minimum absolute atomic E-state index is 0. The highest BCUT2D eigenvalue weighted by molar-refractivity contribution is 7.47. The Morgan fingerprint density at radius 3 is 1.71 bits per heavy atom. The molecule has 0 aromatic rings. The number of phosphoric ester groups is 1. The standard InChI is InChI=1S/C29H60NO6P.H2O/c1-5-6-7-8-9-10-11-12-13-14-15-16-17-18-19-20-24-33-27-29(22-21-25-34-29)28-36-37(31,32)35-26-23-30(2,3)4;/h5-28H2,1-4H3;1H2/t29-;/m0./s1. The first-order chi connectivity index (χ1) is 17.7. The van der Waals surface area contributed by atoms with Gasteiger partial charge in [0.25, 0.3) is 0 Å². The number of nitrogens with zero attached hydrogens (tertiary/aromatic N) is 1. The molecule has 1 saturated heterocycles. The average molecular weight is 568 g/mol. The Morgan fingerprint density at radius 2 is 1.26 bits per heavy atom. The van der Waals surface area contributed by atoms with Gasteiger partial charge in [-0.2, -0.15) is 0 Å². The zero-order chi connectivity index (χ0) is 27.3. The number of rotatable bonds is 26. The Hall–Kier alpha value is -0.0500. The van der Waals surface area contributed by atoms with Crippen LogP contribution in [0.2, 0.25) is 0 Å². The zero-order valence-electron chi connectivity index (χ0n) is 25.3. The third kappa shape index (κ3) is 21.7. The number of quaternary nitrogens is 1. The molecule has 1 fully saturated rings. The van der Waals surface area contributed by atoms with E-state index < -0.39 is 13.4 Å². The summed E-state index contributed by atoms with van der Waals surface area (Å²) < 4.78 is 35.1. The molecule has 230 valence electrons. The maximum Gasteiger partial charge on any atom is 0.472 e. The number of hydrogen-bond donors (Lipinski definition) is 1. The van der Waals surface area contributed by atoms with Crippen LogP contribution >= 0.6 is 7.82 Å². The van der Waals surface area contributed by atoms with Crippen molar-refractivity contribution < 1.29 is 37.9 Å². The Morgan fingerprint density at radius 1 is 0.763 bits per heavy atom. The van der Waals surface area contributed by atoms with Crippen molar-refractivity contribution in [2.24, 2.45) is 0 Å². The molecule has 1 heterocycles. The first kappa shape index (κ1) is 38.0. The van der Waals surface area contributed by atoms with Gasteiger partial charge in [-0.3, -0.25) is 9.05 Å². The lowest BCUT2D eigenvalue weighted by molar-refractivity contribution is -0.870. The second kappa shape index (κ2) is 22.6. The molecule has 1 rings (SSSR count). The lowest BCUT2D eigenvalue weighted by atomic mass is 10.0. The maximum absolute atomic E-state index is 12.2. The van der Waals surface area contributed by atoms with Gasteiger partial charge in [-0.15, -0.1) is 0 Å². The van der Waals surface area contributed by atoms with E-state index in [0.717, 1.165) is 19.3 Å². The molecule has 0 bridgehead atoms. The van der Waals surface area contributed by atoms with Gasteiger partial charge < -0.3 is 24.3 Å². The summed E-state index contributed by atoms with van der Waals surface area (Å²) in [5.41, 5.74) is -0.642. The predicted molar refractivity (Wildman–Crippen MR) is 155 cm³/mol. The molecule has 0 spiro atoms. The van der Waals surface area contributed by atoms with Crippen LogP contribution in [0, 0.1) is 0 Å². The second-order valence-electron chi connectivity index (χ2n) is 12.1. The molecule has 9 heteroatoms. The minimum atomic E-state index is -4.10. The van der Waals surface area contributed by atoms with E-state index in [1.807, 2.05) is 21.1 Å². The Kier molecular flexibility index (Phi) is 22.6. The molecule has 8 nitrogen and oxygen atoms in total. The molecule has 0 saturated carbocycles. The quantitative estimate of drug-likeness (QED) is 0.0656. The fourth-order valence-corrected chi connectivity index (χ4v) is 5.49. The summed E-state index contributed by atoms with van der Waals surface area (Å²) in [6.45, 7) is 4.81. The molecular weight excluding hydrogens is 505 g/mol. The summed E-state index contributed by atoms with van der Waals surface area (Å²) >= 11 is 0. The van der Waals surface area contributed by atoms with Crippen molar-refractivity contribution in [2.45, 2.75) is 128 Å². The van der Waals surface area contributed by atoms with Crippen molar-refractivity contribution in [1.29, 1.82) is 0 Å². The van der Waals surface area contributed by atoms with Crippen LogP contribution in [0.3, 0.4) is 0 Å². The lowest BCUT2D eigenvalue weighted by Gasteiger charge is -2.29. The van der Waals surface area contributed by atoms with Crippen LogP contribution in [0.15, 0.2) is 0 Å². The monoisotopic (exact) mass is 567 g/mol. The number of phosphoric acid groups is 1. The summed E-state index contributed by atoms with van der Waals surface area (Å²) in [7, 11) is 1.92. The van der Waals surface area contributed by atoms with Crippen LogP contribution in [0.4, 0.5) is 0 Å². The van der Waals surface area contributed by atoms with Crippen LogP contribution in [0.1, 0.15) is 122 Å². The van der Waals surface area contributed by atoms with Gasteiger partial charge in [-0.25, -0.2) is 4.57 Å². The summed E-state index contributed by atoms with van der Waals surface area (Å²) in [5, 5.41) is 0. The topological polar surface area (TPSA) is 104 Å². The Labute approximate surface area is 234 Å². The van der Waals surface area contributed by atoms with Gasteiger partial charge >= 0.3 is 7.82 Å². The van der Waals surface area contributed by atoms with E-state index in [-0.39, 0.29) is 18.7 Å². The van der Waals surface area contributed by atoms with E-state index in [1.54, 1.807) is 0 Å². The van der Waals surface area contributed by atoms with Gasteiger partial charge in [-0.05, 0) is 19.3 Å². The molecule has 0 amide bonds. The predicted octanol–water partition coefficient (Wildman–Crippen LogP) is 7.48. The minimum Gasteiger partial charge on any atom is -0.870 e. The van der Waals surface area contributed by atoms with Crippen LogP contribution in [-0.4, -0.2) is 81.2 Å². The van der Waals surface area contributed by atoms with Crippen molar-refractivity contribution in [3.05, 3.63) is 0 Å². The van der Waals surface area contributed by atoms with Gasteiger partial charge in [-0.1, -0.05) is 103 Å². The summed E-state index contributed by atoms with van der Waals surface area (Å²) in [4.78, 5) is 10.0. The van der Waals surface area contributed by atoms with E-state index in [1.165, 1.54) is 96.3 Å². The molecule has 0 aliphatic carbocycles. The normalized spacial score (nSPS) is 19.4. The van der Waals surface area contributed by atoms with Crippen molar-refractivity contribution in [3.63, 3.8) is 0 Å². The molecule has 38 heavy (non-hydrogen) atoms. The fraction of sp³-hybridized carbons (Fsp3) is 1.00. The Bertz CT molecular complexity index is 580. The third-order valence-corrected chi connectivity index (χ3v) is 8.16. The highest BCUT2D eigenvalue weighted by atomic mass is 31.2. The Balaban J connectivity index is 0.0000137. The van der Waals surface area contributed by atoms with Crippen LogP contribution < -0.4 is 0 Å². The maximum atomic E-state index is 12.2. The van der Waals surface area contributed by atoms with Crippen LogP contribution in [0.25, 0.3) is 0 Å². The summed E-state index contributed by atoms with van der Waals surface area (Å²) in [6, 6.07) is 0. The van der Waals surface area contributed by atoms with Crippen molar-refractivity contribution >= 4 is 7.82 Å². The molecule has 2 atom stereocenters. The molecule has 0 aromatic carbocycles. The average Bonchev–Trinajstić information content (AvgIpc) is 3.30. The van der Waals surface area contributed by atoms with Crippen LogP contribution in [0.5, 0.6) is 0 Å². The largest absolute Gasteiger partial charge is 0.870 e. The first-order valence-electron chi connectivity index (χ1n) is 15.3. The number of ether oxygens (including phenoxy) is 2. The fourth-order valence-electron chi connectivity index (χ4n) is 4.70. The van der Waals surface area contributed by atoms with Crippen LogP contribution in [-0.2, 0) is 23.1 Å².